The molecule has 0 aromatic carbocycles. The van der Waals surface area contributed by atoms with Crippen LogP contribution in [0.15, 0.2) is 0 Å². The Balaban J connectivity index is 4.04. The molecule has 6 atom stereocenters. The van der Waals surface area contributed by atoms with Crippen LogP contribution in [-0.4, -0.2) is 60.9 Å². The number of hydrogen-bond acceptors (Lipinski definition) is 26. The number of phosphoric acid groups is 4. The van der Waals surface area contributed by atoms with E-state index < -0.39 is 108 Å². The SMILES string of the molecule is O=C(C[P+]([O-])([O-])[O-])O[C@@H]1C(OP(=O)([O-])[O-])[C@H](OC(=O)C[P+]([O-])([O-])[O-])[C@H](OP(=O)([O-])[O-])C(OP(=O)([O-])[O-])[C@H]1OP(=O)([O-])[O-]. The quantitative estimate of drug-likeness (QED) is 0.118. The summed E-state index contributed by atoms with van der Waals surface area (Å²) >= 11 is 0. The third kappa shape index (κ3) is 15.8. The predicted molar refractivity (Wildman–Crippen MR) is 93.3 cm³/mol. The molecule has 1 aliphatic rings. The van der Waals surface area contributed by atoms with Crippen LogP contribution in [0.1, 0.15) is 0 Å². The first-order chi connectivity index (χ1) is 18.4. The van der Waals surface area contributed by atoms with Gasteiger partial charge in [-0.3, -0.25) is 0 Å². The summed E-state index contributed by atoms with van der Waals surface area (Å²) in [5, 5.41) is 0. The molecule has 0 heterocycles. The molecule has 32 heteroatoms. The molecule has 1 saturated carbocycles. The Labute approximate surface area is 232 Å². The fraction of sp³-hybridized carbons (Fsp3) is 0.800. The van der Waals surface area contributed by atoms with Gasteiger partial charge >= 0.3 is 11.9 Å². The maximum absolute atomic E-state index is 12.0. The zero-order chi connectivity index (χ0) is 33.3. The van der Waals surface area contributed by atoms with Gasteiger partial charge in [-0.25, -0.2) is 9.59 Å². The van der Waals surface area contributed by atoms with Gasteiger partial charge in [-0.15, -0.1) is 0 Å². The Hall–Kier alpha value is -0.0000000000000000971. The van der Waals surface area contributed by atoms with E-state index in [0.717, 1.165) is 0 Å². The Morgan fingerprint density at radius 1 is 0.452 bits per heavy atom. The number of carbonyl (C=O) groups is 2. The Kier molecular flexibility index (Phi) is 13.5. The van der Waals surface area contributed by atoms with Crippen LogP contribution in [0.5, 0.6) is 0 Å². The average molecular weight is 732 g/mol. The van der Waals surface area contributed by atoms with Crippen LogP contribution in [0.25, 0.3) is 0 Å². The summed E-state index contributed by atoms with van der Waals surface area (Å²) in [4.78, 5) is 180. The summed E-state index contributed by atoms with van der Waals surface area (Å²) in [5.74, 6) is -4.82. The summed E-state index contributed by atoms with van der Waals surface area (Å²) in [5.41, 5.74) is 0. The van der Waals surface area contributed by atoms with Gasteiger partial charge in [0.05, 0.1) is 31.3 Å². The molecular formula is C10H10O26P6-12. The zero-order valence-corrected chi connectivity index (χ0v) is 24.5. The number of esters is 2. The van der Waals surface area contributed by atoms with E-state index in [4.69, 9.17) is 0 Å². The predicted octanol–water partition coefficient (Wildman–Crippen LogP) is -13.6. The highest BCUT2D eigenvalue weighted by Crippen LogP contribution is 2.48. The number of carbonyl (C=O) groups excluding carboxylic acids is 2. The van der Waals surface area contributed by atoms with Crippen molar-refractivity contribution in [2.45, 2.75) is 36.6 Å². The fourth-order valence-electron chi connectivity index (χ4n) is 3.16. The molecule has 248 valence electrons. The number of hydrogen-bond donors (Lipinski definition) is 0. The van der Waals surface area contributed by atoms with E-state index in [1.165, 1.54) is 0 Å². The molecule has 0 saturated heterocycles. The second kappa shape index (κ2) is 14.2. The van der Waals surface area contributed by atoms with Gasteiger partial charge in [0.2, 0.25) is 0 Å². The van der Waals surface area contributed by atoms with Crippen molar-refractivity contribution in [3.05, 3.63) is 0 Å². The molecule has 1 rings (SSSR count). The van der Waals surface area contributed by atoms with E-state index in [1.54, 1.807) is 0 Å². The van der Waals surface area contributed by atoms with Gasteiger partial charge < -0.3 is 114 Å². The van der Waals surface area contributed by atoms with Gasteiger partial charge in [-0.2, -0.15) is 15.9 Å². The lowest BCUT2D eigenvalue weighted by Crippen LogP contribution is -2.68. The highest BCUT2D eigenvalue weighted by atomic mass is 31.2. The molecule has 0 bridgehead atoms. The lowest BCUT2D eigenvalue weighted by Gasteiger charge is -2.54. The lowest BCUT2D eigenvalue weighted by molar-refractivity contribution is -0.429. The normalized spacial score (nSPS) is 26.5. The van der Waals surface area contributed by atoms with Crippen molar-refractivity contribution in [3.63, 3.8) is 0 Å². The molecular weight excluding hydrogens is 722 g/mol. The third-order valence-electron chi connectivity index (χ3n) is 4.13. The smallest absolute Gasteiger partial charge is 0.343 e. The first-order valence-corrected chi connectivity index (χ1v) is 18.9. The van der Waals surface area contributed by atoms with E-state index in [1.807, 2.05) is 0 Å². The van der Waals surface area contributed by atoms with Crippen molar-refractivity contribution in [1.82, 2.24) is 0 Å². The van der Waals surface area contributed by atoms with Crippen molar-refractivity contribution in [2.24, 2.45) is 0 Å². The molecule has 0 amide bonds. The molecule has 42 heavy (non-hydrogen) atoms. The topological polar surface area (TPSA) is 481 Å². The molecule has 1 aliphatic carbocycles. The minimum Gasteiger partial charge on any atom is -0.790 e. The maximum atomic E-state index is 12.0. The van der Waals surface area contributed by atoms with E-state index in [0.29, 0.717) is 0 Å². The highest BCUT2D eigenvalue weighted by molar-refractivity contribution is 7.55. The molecule has 0 N–H and O–H groups in total. The largest absolute Gasteiger partial charge is 0.790 e. The molecule has 0 aromatic rings. The number of phosphoric ester groups is 4. The third-order valence-corrected chi connectivity index (χ3v) is 7.42. The van der Waals surface area contributed by atoms with E-state index in [2.05, 4.69) is 27.6 Å². The van der Waals surface area contributed by atoms with Crippen LogP contribution in [0.3, 0.4) is 0 Å². The first kappa shape index (κ1) is 40.0. The van der Waals surface area contributed by atoms with E-state index in [9.17, 15) is 96.4 Å². The maximum Gasteiger partial charge on any atom is 0.343 e. The molecule has 1 fully saturated rings. The zero-order valence-electron chi connectivity index (χ0n) is 19.2. The minimum atomic E-state index is -6.73. The van der Waals surface area contributed by atoms with Gasteiger partial charge in [0.1, 0.15) is 36.7 Å². The van der Waals surface area contributed by atoms with Crippen LogP contribution in [-0.2, 0) is 55.4 Å². The van der Waals surface area contributed by atoms with Crippen LogP contribution in [0.4, 0.5) is 0 Å². The van der Waals surface area contributed by atoms with Gasteiger partial charge in [0.25, 0.3) is 0 Å². The molecule has 26 nitrogen and oxygen atoms in total. The molecule has 0 radical (unpaired) electrons. The molecule has 2 unspecified atom stereocenters. The van der Waals surface area contributed by atoms with Crippen LogP contribution >= 0.6 is 47.2 Å². The van der Waals surface area contributed by atoms with Gasteiger partial charge in [0.15, 0.2) is 12.2 Å². The molecule has 0 aromatic heterocycles. The van der Waals surface area contributed by atoms with Crippen LogP contribution in [0.2, 0.25) is 0 Å². The minimum absolute atomic E-state index is 2.26. The van der Waals surface area contributed by atoms with Crippen molar-refractivity contribution >= 4 is 59.1 Å². The first-order valence-electron chi connectivity index (χ1n) is 9.59. The average Bonchev–Trinajstić information content (AvgIpc) is 2.63. The summed E-state index contributed by atoms with van der Waals surface area (Å²) in [6.07, 6.45) is -25.4. The van der Waals surface area contributed by atoms with Gasteiger partial charge in [0, 0.05) is 0 Å². The second-order valence-corrected chi connectivity index (χ2v) is 15.0. The standard InChI is InChI=1S/C10H22O26P6/c11-3(1-37(13,14)15)31-5-7(33-39(19,20)21)6(32-4(12)2-38(16,17)18)9(35-41(25,26)27)10(36-42(28,29)30)8(5)34-40(22,23)24/h5-10H,1-2H2,(H2,13,14,15)(H2,16,17,18)(H2,19,20,21)(H2,22,23,24)(H2,25,26,27)(H2,28,29,30)/p-12/t5-,6+,7?,8-,9-,10?/m0/s1. The van der Waals surface area contributed by atoms with E-state index in [-0.39, 0.29) is 0 Å². The second-order valence-electron chi connectivity index (χ2n) is 7.52. The fourth-order valence-corrected chi connectivity index (χ4v) is 6.09. The van der Waals surface area contributed by atoms with Crippen molar-refractivity contribution in [2.75, 3.05) is 12.3 Å². The van der Waals surface area contributed by atoms with Crippen molar-refractivity contribution < 1.29 is 124 Å². The van der Waals surface area contributed by atoms with Crippen molar-refractivity contribution in [3.8, 4) is 0 Å². The Bertz CT molecular complexity index is 1080. The van der Waals surface area contributed by atoms with E-state index >= 15 is 0 Å². The molecule has 0 spiro atoms. The van der Waals surface area contributed by atoms with Crippen LogP contribution in [0, 0.1) is 0 Å². The summed E-state index contributed by atoms with van der Waals surface area (Å²) in [6.45, 7) is 0. The summed E-state index contributed by atoms with van der Waals surface area (Å²) in [6, 6.07) is 0. The van der Waals surface area contributed by atoms with Crippen LogP contribution < -0.4 is 68.5 Å². The lowest BCUT2D eigenvalue weighted by atomic mass is 9.84. The Morgan fingerprint density at radius 3 is 0.833 bits per heavy atom. The monoisotopic (exact) mass is 732 g/mol. The highest BCUT2D eigenvalue weighted by Gasteiger charge is 2.58. The number of rotatable bonds is 14. The number of ether oxygens (including phenoxy) is 2. The van der Waals surface area contributed by atoms with Crippen molar-refractivity contribution in [1.29, 1.82) is 0 Å². The van der Waals surface area contributed by atoms with Gasteiger partial charge in [-0.1, -0.05) is 0 Å². The Morgan fingerprint density at radius 2 is 0.643 bits per heavy atom. The molecule has 0 aliphatic heterocycles. The summed E-state index contributed by atoms with van der Waals surface area (Å²) < 4.78 is 69.0. The van der Waals surface area contributed by atoms with Gasteiger partial charge in [-0.05, 0) is 0 Å². The summed E-state index contributed by atoms with van der Waals surface area (Å²) in [7, 11) is -38.8.